The van der Waals surface area contributed by atoms with Gasteiger partial charge in [-0.1, -0.05) is 17.7 Å². The predicted octanol–water partition coefficient (Wildman–Crippen LogP) is 3.77. The summed E-state index contributed by atoms with van der Waals surface area (Å²) in [5, 5.41) is 3.43. The number of ketones is 1. The lowest BCUT2D eigenvalue weighted by Gasteiger charge is -2.01. The smallest absolute Gasteiger partial charge is 0.196 e. The average Bonchev–Trinajstić information content (AvgIpc) is 2.74. The fourth-order valence-corrected chi connectivity index (χ4v) is 2.04. The second-order valence-electron chi connectivity index (χ2n) is 2.94. The number of carbonyl (C=O) groups is 1. The number of carbonyl (C=O) groups excluding carboxylic acids is 1. The summed E-state index contributed by atoms with van der Waals surface area (Å²) < 4.78 is 13.5. The quantitative estimate of drug-likeness (QED) is 0.731. The molecule has 0 radical (unpaired) electrons. The minimum atomic E-state index is -0.657. The van der Waals surface area contributed by atoms with Gasteiger partial charge in [0.15, 0.2) is 11.6 Å². The van der Waals surface area contributed by atoms with E-state index < -0.39 is 5.82 Å². The summed E-state index contributed by atoms with van der Waals surface area (Å²) in [6.45, 7) is 0. The van der Waals surface area contributed by atoms with Gasteiger partial charge >= 0.3 is 0 Å². The van der Waals surface area contributed by atoms with Crippen LogP contribution < -0.4 is 0 Å². The Kier molecular flexibility index (Phi) is 2.84. The molecule has 0 spiro atoms. The molecule has 1 aromatic heterocycles. The van der Waals surface area contributed by atoms with Gasteiger partial charge in [-0.05, 0) is 23.6 Å². The van der Waals surface area contributed by atoms with Crippen LogP contribution in [0.2, 0.25) is 5.02 Å². The van der Waals surface area contributed by atoms with Crippen molar-refractivity contribution in [3.05, 3.63) is 57.0 Å². The molecule has 0 atom stereocenters. The molecular formula is C11H6ClFOS. The Hall–Kier alpha value is -1.19. The summed E-state index contributed by atoms with van der Waals surface area (Å²) >= 11 is 6.99. The van der Waals surface area contributed by atoms with Crippen LogP contribution in [0.1, 0.15) is 15.9 Å². The van der Waals surface area contributed by atoms with E-state index in [0.717, 1.165) is 0 Å². The van der Waals surface area contributed by atoms with Crippen LogP contribution in [0, 0.1) is 5.82 Å². The van der Waals surface area contributed by atoms with Gasteiger partial charge in [0.05, 0.1) is 10.6 Å². The summed E-state index contributed by atoms with van der Waals surface area (Å²) in [6.07, 6.45) is 0. The molecule has 0 aliphatic heterocycles. The van der Waals surface area contributed by atoms with Gasteiger partial charge in [0.25, 0.3) is 0 Å². The molecule has 4 heteroatoms. The largest absolute Gasteiger partial charge is 0.288 e. The van der Waals surface area contributed by atoms with Gasteiger partial charge in [-0.15, -0.1) is 0 Å². The first kappa shape index (κ1) is 10.3. The molecule has 2 aromatic rings. The lowest BCUT2D eigenvalue weighted by atomic mass is 10.1. The first-order chi connectivity index (χ1) is 7.20. The van der Waals surface area contributed by atoms with E-state index in [1.54, 1.807) is 22.9 Å². The first-order valence-electron chi connectivity index (χ1n) is 4.21. The van der Waals surface area contributed by atoms with E-state index in [1.165, 1.54) is 23.5 Å². The van der Waals surface area contributed by atoms with E-state index in [0.29, 0.717) is 5.56 Å². The zero-order valence-corrected chi connectivity index (χ0v) is 9.11. The molecule has 0 saturated heterocycles. The Morgan fingerprint density at radius 1 is 1.33 bits per heavy atom. The zero-order valence-electron chi connectivity index (χ0n) is 7.54. The molecule has 0 amide bonds. The minimum Gasteiger partial charge on any atom is -0.288 e. The summed E-state index contributed by atoms with van der Waals surface area (Å²) in [5.74, 6) is -0.994. The normalized spacial score (nSPS) is 10.3. The molecule has 0 saturated carbocycles. The number of rotatable bonds is 2. The predicted molar refractivity (Wildman–Crippen MR) is 59.2 cm³/mol. The third kappa shape index (κ3) is 1.94. The highest BCUT2D eigenvalue weighted by Crippen LogP contribution is 2.21. The van der Waals surface area contributed by atoms with Crippen LogP contribution in [0.5, 0.6) is 0 Å². The Bertz CT molecular complexity index is 493. The fraction of sp³-hybridized carbons (Fsp3) is 0. The Labute approximate surface area is 95.1 Å². The van der Waals surface area contributed by atoms with Crippen molar-refractivity contribution in [1.29, 1.82) is 0 Å². The molecule has 1 heterocycles. The van der Waals surface area contributed by atoms with E-state index >= 15 is 0 Å². The second kappa shape index (κ2) is 4.13. The molecule has 15 heavy (non-hydrogen) atoms. The van der Waals surface area contributed by atoms with Crippen LogP contribution in [-0.4, -0.2) is 5.78 Å². The number of benzene rings is 1. The van der Waals surface area contributed by atoms with Crippen LogP contribution in [0.25, 0.3) is 0 Å². The first-order valence-corrected chi connectivity index (χ1v) is 5.53. The molecule has 0 N–H and O–H groups in total. The maximum absolute atomic E-state index is 13.5. The van der Waals surface area contributed by atoms with E-state index in [1.807, 2.05) is 0 Å². The summed E-state index contributed by atoms with van der Waals surface area (Å²) in [7, 11) is 0. The van der Waals surface area contributed by atoms with Crippen LogP contribution in [0.3, 0.4) is 0 Å². The van der Waals surface area contributed by atoms with Crippen molar-refractivity contribution in [2.75, 3.05) is 0 Å². The van der Waals surface area contributed by atoms with E-state index in [2.05, 4.69) is 0 Å². The molecule has 1 nitrogen and oxygen atoms in total. The summed E-state index contributed by atoms with van der Waals surface area (Å²) in [5.41, 5.74) is 0.502. The van der Waals surface area contributed by atoms with Crippen LogP contribution in [0.15, 0.2) is 35.0 Å². The zero-order chi connectivity index (χ0) is 10.8. The molecule has 1 aromatic carbocycles. The standard InChI is InChI=1S/C11H6ClFOS/c12-9-3-1-2-8(10(9)13)11(14)7-4-5-15-6-7/h1-6H. The molecule has 0 fully saturated rings. The van der Waals surface area contributed by atoms with Crippen LogP contribution >= 0.6 is 22.9 Å². The Balaban J connectivity index is 2.47. The molecule has 2 rings (SSSR count). The molecular weight excluding hydrogens is 235 g/mol. The van der Waals surface area contributed by atoms with E-state index in [-0.39, 0.29) is 16.4 Å². The lowest BCUT2D eigenvalue weighted by Crippen LogP contribution is -2.02. The van der Waals surface area contributed by atoms with Gasteiger partial charge < -0.3 is 0 Å². The number of halogens is 2. The summed E-state index contributed by atoms with van der Waals surface area (Å²) in [6, 6.07) is 6.07. The Morgan fingerprint density at radius 2 is 2.13 bits per heavy atom. The van der Waals surface area contributed by atoms with Gasteiger partial charge in [-0.2, -0.15) is 11.3 Å². The van der Waals surface area contributed by atoms with Gasteiger partial charge in [0, 0.05) is 10.9 Å². The molecule has 0 unspecified atom stereocenters. The summed E-state index contributed by atoms with van der Waals surface area (Å²) in [4.78, 5) is 11.8. The monoisotopic (exact) mass is 240 g/mol. The van der Waals surface area contributed by atoms with E-state index in [9.17, 15) is 9.18 Å². The molecule has 0 aliphatic carbocycles. The van der Waals surface area contributed by atoms with Gasteiger partial charge in [-0.25, -0.2) is 4.39 Å². The molecule has 0 bridgehead atoms. The maximum Gasteiger partial charge on any atom is 0.196 e. The third-order valence-corrected chi connectivity index (χ3v) is 2.95. The number of hydrogen-bond acceptors (Lipinski definition) is 2. The van der Waals surface area contributed by atoms with Crippen molar-refractivity contribution in [3.8, 4) is 0 Å². The number of hydrogen-bond donors (Lipinski definition) is 0. The third-order valence-electron chi connectivity index (χ3n) is 1.98. The van der Waals surface area contributed by atoms with Crippen molar-refractivity contribution >= 4 is 28.7 Å². The SMILES string of the molecule is O=C(c1ccsc1)c1cccc(Cl)c1F. The van der Waals surface area contributed by atoms with Gasteiger partial charge in [0.2, 0.25) is 0 Å². The van der Waals surface area contributed by atoms with Gasteiger partial charge in [0.1, 0.15) is 0 Å². The average molecular weight is 241 g/mol. The number of thiophene rings is 1. The molecule has 0 aliphatic rings. The fourth-order valence-electron chi connectivity index (χ4n) is 1.23. The highest BCUT2D eigenvalue weighted by Gasteiger charge is 2.15. The van der Waals surface area contributed by atoms with Crippen molar-refractivity contribution in [1.82, 2.24) is 0 Å². The topological polar surface area (TPSA) is 17.1 Å². The highest BCUT2D eigenvalue weighted by molar-refractivity contribution is 7.08. The van der Waals surface area contributed by atoms with Gasteiger partial charge in [-0.3, -0.25) is 4.79 Å². The Morgan fingerprint density at radius 3 is 2.80 bits per heavy atom. The van der Waals surface area contributed by atoms with Crippen molar-refractivity contribution in [2.45, 2.75) is 0 Å². The van der Waals surface area contributed by atoms with Crippen molar-refractivity contribution < 1.29 is 9.18 Å². The van der Waals surface area contributed by atoms with E-state index in [4.69, 9.17) is 11.6 Å². The second-order valence-corrected chi connectivity index (χ2v) is 4.13. The van der Waals surface area contributed by atoms with Crippen LogP contribution in [-0.2, 0) is 0 Å². The van der Waals surface area contributed by atoms with Crippen LogP contribution in [0.4, 0.5) is 4.39 Å². The molecule has 76 valence electrons. The minimum absolute atomic E-state index is 0.0147. The van der Waals surface area contributed by atoms with Crippen molar-refractivity contribution in [3.63, 3.8) is 0 Å². The highest BCUT2D eigenvalue weighted by atomic mass is 35.5. The lowest BCUT2D eigenvalue weighted by molar-refractivity contribution is 0.103. The maximum atomic E-state index is 13.5. The van der Waals surface area contributed by atoms with Crippen molar-refractivity contribution in [2.24, 2.45) is 0 Å².